The van der Waals surface area contributed by atoms with Crippen LogP contribution in [0.25, 0.3) is 0 Å². The van der Waals surface area contributed by atoms with E-state index in [0.29, 0.717) is 51.9 Å². The van der Waals surface area contributed by atoms with Gasteiger partial charge in [0.05, 0.1) is 6.10 Å². The van der Waals surface area contributed by atoms with Crippen LogP contribution in [0.15, 0.2) is 12.2 Å². The molecular weight excluding hydrogens is 526 g/mol. The van der Waals surface area contributed by atoms with E-state index in [2.05, 4.69) is 23.6 Å². The van der Waals surface area contributed by atoms with E-state index in [1.807, 2.05) is 25.1 Å². The predicted molar refractivity (Wildman–Crippen MR) is 161 cm³/mol. The molecule has 0 saturated heterocycles. The highest BCUT2D eigenvalue weighted by Gasteiger charge is 2.22. The molecule has 2 amide bonds. The minimum absolute atomic E-state index is 0.0198. The molecule has 10 heteroatoms. The van der Waals surface area contributed by atoms with Gasteiger partial charge in [-0.05, 0) is 59.0 Å². The molecule has 10 nitrogen and oxygen atoms in total. The Morgan fingerprint density at radius 3 is 2.22 bits per heavy atom. The van der Waals surface area contributed by atoms with Crippen LogP contribution < -0.4 is 10.6 Å². The van der Waals surface area contributed by atoms with Crippen LogP contribution in [0, 0.1) is 0 Å². The molecule has 0 saturated carbocycles. The van der Waals surface area contributed by atoms with Gasteiger partial charge in [-0.15, -0.1) is 0 Å². The van der Waals surface area contributed by atoms with E-state index >= 15 is 0 Å². The zero-order chi connectivity index (χ0) is 30.7. The molecule has 0 radical (unpaired) electrons. The van der Waals surface area contributed by atoms with Crippen molar-refractivity contribution in [2.75, 3.05) is 40.3 Å². The lowest BCUT2D eigenvalue weighted by Crippen LogP contribution is -2.33. The lowest BCUT2D eigenvalue weighted by molar-refractivity contribution is -0.156. The number of carbonyl (C=O) groups is 4. The number of allylic oxidation sites excluding steroid dienone is 1. The largest absolute Gasteiger partial charge is 0.464 e. The maximum atomic E-state index is 12.4. The van der Waals surface area contributed by atoms with Crippen LogP contribution in [0.1, 0.15) is 110 Å². The fourth-order valence-electron chi connectivity index (χ4n) is 4.06. The van der Waals surface area contributed by atoms with Gasteiger partial charge in [0.1, 0.15) is 12.7 Å². The summed E-state index contributed by atoms with van der Waals surface area (Å²) in [6, 6.07) is 0. The first-order chi connectivity index (χ1) is 19.6. The van der Waals surface area contributed by atoms with Gasteiger partial charge in [-0.25, -0.2) is 0 Å². The molecule has 0 spiro atoms. The van der Waals surface area contributed by atoms with E-state index in [-0.39, 0.29) is 30.6 Å². The van der Waals surface area contributed by atoms with Gasteiger partial charge in [-0.3, -0.25) is 19.2 Å². The quantitative estimate of drug-likeness (QED) is 0.0789. The second-order valence-corrected chi connectivity index (χ2v) is 10.8. The standard InChI is InChI=1S/C31H57N3O7/c1-5-6-13-18-28(41-31(39)21-16-20-30(38)40-25-24-34(3)4)27(36)17-14-11-9-7-8-10-12-15-19-29(37)33-23-22-32-26(2)35/h11,14,27-28,36H,5-10,12-13,15-25H2,1-4H3,(H,32,35)(H,33,37)/b14-11-. The first-order valence-corrected chi connectivity index (χ1v) is 15.5. The fraction of sp³-hybridized carbons (Fsp3) is 0.806. The van der Waals surface area contributed by atoms with Crippen molar-refractivity contribution in [3.63, 3.8) is 0 Å². The third-order valence-electron chi connectivity index (χ3n) is 6.51. The summed E-state index contributed by atoms with van der Waals surface area (Å²) >= 11 is 0. The van der Waals surface area contributed by atoms with E-state index in [9.17, 15) is 24.3 Å². The van der Waals surface area contributed by atoms with Gasteiger partial charge in [-0.2, -0.15) is 0 Å². The molecule has 0 aliphatic carbocycles. The van der Waals surface area contributed by atoms with E-state index in [0.717, 1.165) is 57.8 Å². The zero-order valence-corrected chi connectivity index (χ0v) is 26.1. The number of ether oxygens (including phenoxy) is 2. The van der Waals surface area contributed by atoms with E-state index in [1.54, 1.807) is 0 Å². The number of unbranched alkanes of at least 4 members (excludes halogenated alkanes) is 7. The number of nitrogens with one attached hydrogen (secondary N) is 2. The molecule has 2 unspecified atom stereocenters. The molecule has 0 aliphatic heterocycles. The molecule has 41 heavy (non-hydrogen) atoms. The Hall–Kier alpha value is -2.46. The third kappa shape index (κ3) is 26.2. The Balaban J connectivity index is 4.12. The number of hydrogen-bond acceptors (Lipinski definition) is 8. The van der Waals surface area contributed by atoms with E-state index < -0.39 is 18.2 Å². The normalized spacial score (nSPS) is 12.7. The molecule has 0 rings (SSSR count). The van der Waals surface area contributed by atoms with Gasteiger partial charge < -0.3 is 30.1 Å². The number of nitrogens with zero attached hydrogens (tertiary/aromatic N) is 1. The van der Waals surface area contributed by atoms with Crippen molar-refractivity contribution in [1.82, 2.24) is 15.5 Å². The van der Waals surface area contributed by atoms with Gasteiger partial charge >= 0.3 is 11.9 Å². The molecule has 238 valence electrons. The number of hydrogen-bond donors (Lipinski definition) is 3. The van der Waals surface area contributed by atoms with Gasteiger partial charge in [0.25, 0.3) is 0 Å². The average Bonchev–Trinajstić information content (AvgIpc) is 2.91. The van der Waals surface area contributed by atoms with E-state index in [4.69, 9.17) is 9.47 Å². The summed E-state index contributed by atoms with van der Waals surface area (Å²) in [5.41, 5.74) is 0. The summed E-state index contributed by atoms with van der Waals surface area (Å²) in [5, 5.41) is 16.1. The molecule has 0 heterocycles. The predicted octanol–water partition coefficient (Wildman–Crippen LogP) is 4.04. The van der Waals surface area contributed by atoms with Crippen molar-refractivity contribution in [2.45, 2.75) is 122 Å². The van der Waals surface area contributed by atoms with Crippen LogP contribution in [0.4, 0.5) is 0 Å². The van der Waals surface area contributed by atoms with Crippen LogP contribution in [0.3, 0.4) is 0 Å². The zero-order valence-electron chi connectivity index (χ0n) is 26.1. The second-order valence-electron chi connectivity index (χ2n) is 10.8. The summed E-state index contributed by atoms with van der Waals surface area (Å²) in [7, 11) is 3.81. The summed E-state index contributed by atoms with van der Waals surface area (Å²) in [5.74, 6) is -0.787. The molecular formula is C31H57N3O7. The Morgan fingerprint density at radius 2 is 1.51 bits per heavy atom. The van der Waals surface area contributed by atoms with Crippen molar-refractivity contribution in [3.05, 3.63) is 12.2 Å². The summed E-state index contributed by atoms with van der Waals surface area (Å²) < 4.78 is 10.8. The number of aliphatic hydroxyl groups is 1. The van der Waals surface area contributed by atoms with Crippen LogP contribution in [-0.4, -0.2) is 86.3 Å². The van der Waals surface area contributed by atoms with E-state index in [1.165, 1.54) is 6.92 Å². The molecule has 3 N–H and O–H groups in total. The molecule has 2 atom stereocenters. The van der Waals surface area contributed by atoms with Crippen LogP contribution in [0.5, 0.6) is 0 Å². The first kappa shape index (κ1) is 38.5. The molecule has 0 aromatic rings. The molecule has 0 aromatic heterocycles. The Labute approximate surface area is 248 Å². The van der Waals surface area contributed by atoms with Crippen molar-refractivity contribution in [3.8, 4) is 0 Å². The van der Waals surface area contributed by atoms with Gasteiger partial charge in [-0.1, -0.05) is 51.2 Å². The lowest BCUT2D eigenvalue weighted by Gasteiger charge is -2.22. The van der Waals surface area contributed by atoms with Crippen molar-refractivity contribution >= 4 is 23.8 Å². The van der Waals surface area contributed by atoms with Gasteiger partial charge in [0, 0.05) is 45.8 Å². The highest BCUT2D eigenvalue weighted by Crippen LogP contribution is 2.16. The maximum Gasteiger partial charge on any atom is 0.306 e. The second kappa shape index (κ2) is 26.4. The first-order valence-electron chi connectivity index (χ1n) is 15.5. The molecule has 0 aliphatic rings. The summed E-state index contributed by atoms with van der Waals surface area (Å²) in [6.45, 7) is 5.45. The smallest absolute Gasteiger partial charge is 0.306 e. The number of rotatable bonds is 26. The SMILES string of the molecule is CCCCCC(OC(=O)CCCC(=O)OCCN(C)C)C(O)C/C=C\CCCCCCCC(=O)NCCNC(C)=O. The monoisotopic (exact) mass is 583 g/mol. The van der Waals surface area contributed by atoms with Crippen molar-refractivity contribution < 1.29 is 33.8 Å². The van der Waals surface area contributed by atoms with Crippen LogP contribution >= 0.6 is 0 Å². The molecule has 0 bridgehead atoms. The average molecular weight is 584 g/mol. The number of likely N-dealkylation sites (N-methyl/N-ethyl adjacent to an activating group) is 1. The summed E-state index contributed by atoms with van der Waals surface area (Å²) in [6.07, 6.45) is 13.8. The highest BCUT2D eigenvalue weighted by atomic mass is 16.6. The number of aliphatic hydroxyl groups excluding tert-OH is 1. The number of amides is 2. The Kier molecular flexibility index (Phi) is 24.9. The lowest BCUT2D eigenvalue weighted by atomic mass is 10.0. The Bertz CT molecular complexity index is 743. The highest BCUT2D eigenvalue weighted by molar-refractivity contribution is 5.76. The van der Waals surface area contributed by atoms with Crippen LogP contribution in [-0.2, 0) is 28.7 Å². The molecule has 0 fully saturated rings. The number of carbonyl (C=O) groups excluding carboxylic acids is 4. The Morgan fingerprint density at radius 1 is 0.829 bits per heavy atom. The minimum Gasteiger partial charge on any atom is -0.464 e. The summed E-state index contributed by atoms with van der Waals surface area (Å²) in [4.78, 5) is 48.6. The molecule has 0 aromatic carbocycles. The number of esters is 2. The third-order valence-corrected chi connectivity index (χ3v) is 6.51. The van der Waals surface area contributed by atoms with Crippen LogP contribution in [0.2, 0.25) is 0 Å². The van der Waals surface area contributed by atoms with Crippen molar-refractivity contribution in [1.29, 1.82) is 0 Å². The minimum atomic E-state index is -0.757. The van der Waals surface area contributed by atoms with Gasteiger partial charge in [0.15, 0.2) is 0 Å². The topological polar surface area (TPSA) is 134 Å². The fourth-order valence-corrected chi connectivity index (χ4v) is 4.06. The maximum absolute atomic E-state index is 12.4. The van der Waals surface area contributed by atoms with Gasteiger partial charge in [0.2, 0.25) is 11.8 Å². The van der Waals surface area contributed by atoms with Crippen molar-refractivity contribution in [2.24, 2.45) is 0 Å².